The lowest BCUT2D eigenvalue weighted by Crippen LogP contribution is -2.52. The van der Waals surface area contributed by atoms with Crippen LogP contribution in [0.15, 0.2) is 0 Å². The van der Waals surface area contributed by atoms with Crippen molar-refractivity contribution < 1.29 is 0 Å². The summed E-state index contributed by atoms with van der Waals surface area (Å²) in [5, 5.41) is 0. The highest BCUT2D eigenvalue weighted by Crippen LogP contribution is 2.23. The van der Waals surface area contributed by atoms with E-state index in [0.717, 1.165) is 6.54 Å². The number of piperazine rings is 1. The average Bonchev–Trinajstić information content (AvgIpc) is 2.30. The Balaban J connectivity index is 2.38. The van der Waals surface area contributed by atoms with E-state index in [-0.39, 0.29) is 0 Å². The van der Waals surface area contributed by atoms with Crippen molar-refractivity contribution in [3.05, 3.63) is 0 Å². The largest absolute Gasteiger partial charge is 0.330 e. The summed E-state index contributed by atoms with van der Waals surface area (Å²) in [6, 6.07) is 0.689. The molecule has 1 aliphatic heterocycles. The maximum Gasteiger partial charge on any atom is 0.0113 e. The van der Waals surface area contributed by atoms with Crippen LogP contribution in [0.1, 0.15) is 40.5 Å². The fourth-order valence-corrected chi connectivity index (χ4v) is 2.83. The zero-order valence-corrected chi connectivity index (χ0v) is 12.2. The molecule has 0 aliphatic carbocycles. The number of hydrogen-bond acceptors (Lipinski definition) is 3. The maximum atomic E-state index is 5.95. The van der Waals surface area contributed by atoms with Gasteiger partial charge in [-0.25, -0.2) is 0 Å². The van der Waals surface area contributed by atoms with Gasteiger partial charge in [0.2, 0.25) is 0 Å². The molecule has 1 heterocycles. The average molecular weight is 241 g/mol. The lowest BCUT2D eigenvalue weighted by molar-refractivity contribution is 0.0747. The van der Waals surface area contributed by atoms with E-state index in [0.29, 0.717) is 11.5 Å². The molecule has 1 aliphatic rings. The van der Waals surface area contributed by atoms with Gasteiger partial charge in [-0.05, 0) is 32.2 Å². The van der Waals surface area contributed by atoms with Crippen LogP contribution >= 0.6 is 0 Å². The predicted molar refractivity (Wildman–Crippen MR) is 75.2 cm³/mol. The van der Waals surface area contributed by atoms with Gasteiger partial charge in [-0.15, -0.1) is 0 Å². The Morgan fingerprint density at radius 1 is 1.18 bits per heavy atom. The molecule has 1 saturated heterocycles. The van der Waals surface area contributed by atoms with E-state index < -0.39 is 0 Å². The Kier molecular flexibility index (Phi) is 5.90. The van der Waals surface area contributed by atoms with Crippen molar-refractivity contribution in [2.24, 2.45) is 11.1 Å². The lowest BCUT2D eigenvalue weighted by atomic mass is 9.85. The third kappa shape index (κ3) is 4.57. The van der Waals surface area contributed by atoms with E-state index in [4.69, 9.17) is 5.73 Å². The highest BCUT2D eigenvalue weighted by atomic mass is 15.3. The summed E-state index contributed by atoms with van der Waals surface area (Å²) in [6.07, 6.45) is 2.48. The van der Waals surface area contributed by atoms with Crippen LogP contribution < -0.4 is 5.73 Å². The predicted octanol–water partition coefficient (Wildman–Crippen LogP) is 1.78. The second kappa shape index (κ2) is 6.72. The minimum absolute atomic E-state index is 0.314. The second-order valence-corrected chi connectivity index (χ2v) is 6.17. The normalized spacial score (nSPS) is 22.9. The fourth-order valence-electron chi connectivity index (χ4n) is 2.83. The Morgan fingerprint density at radius 3 is 2.18 bits per heavy atom. The van der Waals surface area contributed by atoms with E-state index in [2.05, 4.69) is 37.5 Å². The summed E-state index contributed by atoms with van der Waals surface area (Å²) in [5.74, 6) is 0. The van der Waals surface area contributed by atoms with Crippen LogP contribution in [-0.2, 0) is 0 Å². The van der Waals surface area contributed by atoms with Crippen molar-refractivity contribution >= 4 is 0 Å². The molecular formula is C14H31N3. The van der Waals surface area contributed by atoms with Crippen molar-refractivity contribution in [3.8, 4) is 0 Å². The second-order valence-electron chi connectivity index (χ2n) is 6.17. The van der Waals surface area contributed by atoms with Gasteiger partial charge < -0.3 is 10.6 Å². The van der Waals surface area contributed by atoms with Crippen molar-refractivity contribution in [1.29, 1.82) is 0 Å². The zero-order valence-electron chi connectivity index (χ0n) is 12.2. The van der Waals surface area contributed by atoms with Gasteiger partial charge in [-0.2, -0.15) is 0 Å². The third-order valence-corrected chi connectivity index (χ3v) is 4.09. The van der Waals surface area contributed by atoms with E-state index in [9.17, 15) is 0 Å². The van der Waals surface area contributed by atoms with E-state index in [1.165, 1.54) is 45.6 Å². The molecule has 1 unspecified atom stereocenters. The minimum Gasteiger partial charge on any atom is -0.330 e. The van der Waals surface area contributed by atoms with E-state index >= 15 is 0 Å². The minimum atomic E-state index is 0.314. The SMILES string of the molecule is CCCC(C)(CN)CN1CCN(C(C)C)CC1. The summed E-state index contributed by atoms with van der Waals surface area (Å²) < 4.78 is 0. The molecule has 0 amide bonds. The van der Waals surface area contributed by atoms with Crippen LogP contribution in [0, 0.1) is 5.41 Å². The first-order chi connectivity index (χ1) is 8.00. The molecule has 0 aromatic carbocycles. The molecule has 3 heteroatoms. The number of rotatable bonds is 6. The van der Waals surface area contributed by atoms with Crippen molar-refractivity contribution in [2.75, 3.05) is 39.3 Å². The van der Waals surface area contributed by atoms with Gasteiger partial charge in [0.1, 0.15) is 0 Å². The first-order valence-corrected chi connectivity index (χ1v) is 7.17. The monoisotopic (exact) mass is 241 g/mol. The number of nitrogens with zero attached hydrogens (tertiary/aromatic N) is 2. The van der Waals surface area contributed by atoms with Crippen LogP contribution in [0.5, 0.6) is 0 Å². The first-order valence-electron chi connectivity index (χ1n) is 7.17. The molecular weight excluding hydrogens is 210 g/mol. The van der Waals surface area contributed by atoms with Gasteiger partial charge in [-0.3, -0.25) is 4.90 Å². The van der Waals surface area contributed by atoms with Gasteiger partial charge >= 0.3 is 0 Å². The Bertz CT molecular complexity index is 210. The van der Waals surface area contributed by atoms with Crippen molar-refractivity contribution in [2.45, 2.75) is 46.6 Å². The van der Waals surface area contributed by atoms with E-state index in [1.54, 1.807) is 0 Å². The third-order valence-electron chi connectivity index (χ3n) is 4.09. The summed E-state index contributed by atoms with van der Waals surface area (Å²) >= 11 is 0. The summed E-state index contributed by atoms with van der Waals surface area (Å²) in [7, 11) is 0. The van der Waals surface area contributed by atoms with Crippen LogP contribution in [0.2, 0.25) is 0 Å². The van der Waals surface area contributed by atoms with Gasteiger partial charge in [0, 0.05) is 38.8 Å². The topological polar surface area (TPSA) is 32.5 Å². The molecule has 2 N–H and O–H groups in total. The highest BCUT2D eigenvalue weighted by Gasteiger charge is 2.27. The molecule has 1 atom stereocenters. The molecule has 0 radical (unpaired) electrons. The molecule has 1 rings (SSSR count). The highest BCUT2D eigenvalue weighted by molar-refractivity contribution is 4.82. The summed E-state index contributed by atoms with van der Waals surface area (Å²) in [5.41, 5.74) is 6.26. The molecule has 17 heavy (non-hydrogen) atoms. The summed E-state index contributed by atoms with van der Waals surface area (Å²) in [4.78, 5) is 5.16. The molecule has 0 spiro atoms. The molecule has 3 nitrogen and oxygen atoms in total. The van der Waals surface area contributed by atoms with E-state index in [1.807, 2.05) is 0 Å². The lowest BCUT2D eigenvalue weighted by Gasteiger charge is -2.41. The standard InChI is InChI=1S/C14H31N3/c1-5-6-14(4,11-15)12-16-7-9-17(10-8-16)13(2)3/h13H,5-12,15H2,1-4H3. The molecule has 0 bridgehead atoms. The van der Waals surface area contributed by atoms with Crippen LogP contribution in [-0.4, -0.2) is 55.1 Å². The smallest absolute Gasteiger partial charge is 0.0113 e. The van der Waals surface area contributed by atoms with Gasteiger partial charge in [-0.1, -0.05) is 20.3 Å². The molecule has 1 fully saturated rings. The number of hydrogen-bond donors (Lipinski definition) is 1. The Hall–Kier alpha value is -0.120. The number of nitrogens with two attached hydrogens (primary N) is 1. The fraction of sp³-hybridized carbons (Fsp3) is 1.00. The van der Waals surface area contributed by atoms with Crippen molar-refractivity contribution in [3.63, 3.8) is 0 Å². The molecule has 0 aromatic heterocycles. The molecule has 102 valence electrons. The van der Waals surface area contributed by atoms with Gasteiger partial charge in [0.05, 0.1) is 0 Å². The molecule has 0 aromatic rings. The maximum absolute atomic E-state index is 5.95. The van der Waals surface area contributed by atoms with Crippen molar-refractivity contribution in [1.82, 2.24) is 9.80 Å². The van der Waals surface area contributed by atoms with Crippen LogP contribution in [0.4, 0.5) is 0 Å². The quantitative estimate of drug-likeness (QED) is 0.769. The van der Waals surface area contributed by atoms with Gasteiger partial charge in [0.25, 0.3) is 0 Å². The zero-order chi connectivity index (χ0) is 12.9. The van der Waals surface area contributed by atoms with Gasteiger partial charge in [0.15, 0.2) is 0 Å². The van der Waals surface area contributed by atoms with Crippen LogP contribution in [0.25, 0.3) is 0 Å². The van der Waals surface area contributed by atoms with Crippen LogP contribution in [0.3, 0.4) is 0 Å². The summed E-state index contributed by atoms with van der Waals surface area (Å²) in [6.45, 7) is 16.0. The first kappa shape index (κ1) is 14.9. The molecule has 0 saturated carbocycles. The Labute approximate surface area is 107 Å². The Morgan fingerprint density at radius 2 is 1.76 bits per heavy atom.